The monoisotopic (exact) mass is 470 g/mol. The molecular formula is C27H38N2O5. The molecule has 0 aliphatic carbocycles. The first-order valence-electron chi connectivity index (χ1n) is 11.7. The molecule has 0 heterocycles. The minimum atomic E-state index is -1.03. The molecule has 0 fully saturated rings. The molecule has 0 bridgehead atoms. The first kappa shape index (κ1) is 27.2. The summed E-state index contributed by atoms with van der Waals surface area (Å²) < 4.78 is 10.9. The molecule has 2 N–H and O–H groups in total. The third kappa shape index (κ3) is 10.3. The maximum absolute atomic E-state index is 12.9. The van der Waals surface area contributed by atoms with Crippen LogP contribution in [0.15, 0.2) is 60.7 Å². The third-order valence-corrected chi connectivity index (χ3v) is 4.92. The first-order valence-corrected chi connectivity index (χ1v) is 11.7. The molecule has 0 aromatic heterocycles. The van der Waals surface area contributed by atoms with Crippen LogP contribution in [0.2, 0.25) is 0 Å². The summed E-state index contributed by atoms with van der Waals surface area (Å²) in [5.74, 6) is 0.169. The summed E-state index contributed by atoms with van der Waals surface area (Å²) in [5.41, 5.74) is 1.16. The number of nitrogens with zero attached hydrogens (tertiary/aromatic N) is 1. The fourth-order valence-electron chi connectivity index (χ4n) is 3.44. The second-order valence-electron chi connectivity index (χ2n) is 9.85. The minimum Gasteiger partial charge on any atom is -0.445 e. The molecule has 0 spiro atoms. The summed E-state index contributed by atoms with van der Waals surface area (Å²) in [6.07, 6.45) is -1.77. The Morgan fingerprint density at radius 1 is 0.941 bits per heavy atom. The van der Waals surface area contributed by atoms with Crippen LogP contribution in [-0.4, -0.2) is 53.0 Å². The summed E-state index contributed by atoms with van der Waals surface area (Å²) in [5, 5.41) is 13.9. The zero-order valence-corrected chi connectivity index (χ0v) is 20.9. The lowest BCUT2D eigenvalue weighted by Crippen LogP contribution is -2.52. The Kier molecular flexibility index (Phi) is 10.4. The molecule has 2 aromatic rings. The second-order valence-corrected chi connectivity index (χ2v) is 9.85. The van der Waals surface area contributed by atoms with Gasteiger partial charge in [-0.25, -0.2) is 9.59 Å². The van der Waals surface area contributed by atoms with Gasteiger partial charge in [-0.05, 0) is 44.2 Å². The highest BCUT2D eigenvalue weighted by atomic mass is 16.6. The van der Waals surface area contributed by atoms with Crippen molar-refractivity contribution < 1.29 is 24.2 Å². The Hall–Kier alpha value is -3.06. The van der Waals surface area contributed by atoms with Crippen molar-refractivity contribution in [1.82, 2.24) is 10.2 Å². The fraction of sp³-hybridized carbons (Fsp3) is 0.481. The van der Waals surface area contributed by atoms with E-state index in [1.54, 1.807) is 20.8 Å². The SMILES string of the molecule is CC(C)CN(C[C@@H](O)[C@H](Cc1ccccc1)NC(=O)OC(C)(C)C)C(=O)OCc1ccccc1. The Balaban J connectivity index is 2.11. The summed E-state index contributed by atoms with van der Waals surface area (Å²) in [4.78, 5) is 26.8. The van der Waals surface area contributed by atoms with E-state index in [2.05, 4.69) is 5.32 Å². The average Bonchev–Trinajstić information content (AvgIpc) is 2.76. The average molecular weight is 471 g/mol. The van der Waals surface area contributed by atoms with Crippen LogP contribution in [0.4, 0.5) is 9.59 Å². The van der Waals surface area contributed by atoms with E-state index < -0.39 is 29.9 Å². The van der Waals surface area contributed by atoms with Gasteiger partial charge < -0.3 is 24.8 Å². The molecule has 0 aliphatic rings. The highest BCUT2D eigenvalue weighted by Crippen LogP contribution is 2.13. The van der Waals surface area contributed by atoms with Crippen molar-refractivity contribution in [1.29, 1.82) is 0 Å². The number of benzene rings is 2. The number of hydrogen-bond donors (Lipinski definition) is 2. The van der Waals surface area contributed by atoms with Crippen LogP contribution >= 0.6 is 0 Å². The lowest BCUT2D eigenvalue weighted by Gasteiger charge is -2.31. The third-order valence-electron chi connectivity index (χ3n) is 4.92. The quantitative estimate of drug-likeness (QED) is 0.522. The van der Waals surface area contributed by atoms with E-state index in [4.69, 9.17) is 9.47 Å². The van der Waals surface area contributed by atoms with Crippen molar-refractivity contribution in [3.8, 4) is 0 Å². The molecule has 0 radical (unpaired) electrons. The van der Waals surface area contributed by atoms with E-state index in [-0.39, 0.29) is 19.1 Å². The Labute approximate surface area is 203 Å². The largest absolute Gasteiger partial charge is 0.445 e. The zero-order chi connectivity index (χ0) is 25.1. The summed E-state index contributed by atoms with van der Waals surface area (Å²) >= 11 is 0. The van der Waals surface area contributed by atoms with Crippen molar-refractivity contribution >= 4 is 12.2 Å². The number of aliphatic hydroxyl groups is 1. The number of carbonyl (C=O) groups excluding carboxylic acids is 2. The van der Waals surface area contributed by atoms with Crippen molar-refractivity contribution in [2.75, 3.05) is 13.1 Å². The maximum atomic E-state index is 12.9. The van der Waals surface area contributed by atoms with Gasteiger partial charge in [0.1, 0.15) is 12.2 Å². The highest BCUT2D eigenvalue weighted by Gasteiger charge is 2.29. The van der Waals surface area contributed by atoms with E-state index >= 15 is 0 Å². The van der Waals surface area contributed by atoms with Crippen LogP contribution in [0.1, 0.15) is 45.7 Å². The molecule has 2 aromatic carbocycles. The van der Waals surface area contributed by atoms with Gasteiger partial charge in [-0.3, -0.25) is 0 Å². The molecule has 186 valence electrons. The maximum Gasteiger partial charge on any atom is 0.410 e. The van der Waals surface area contributed by atoms with Crippen molar-refractivity contribution in [2.24, 2.45) is 5.92 Å². The molecule has 2 rings (SSSR count). The Bertz CT molecular complexity index is 881. The molecule has 0 unspecified atom stereocenters. The van der Waals surface area contributed by atoms with Gasteiger partial charge in [0.15, 0.2) is 0 Å². The molecule has 2 amide bonds. The number of alkyl carbamates (subject to hydrolysis) is 1. The number of aliphatic hydroxyl groups excluding tert-OH is 1. The fourth-order valence-corrected chi connectivity index (χ4v) is 3.44. The lowest BCUT2D eigenvalue weighted by molar-refractivity contribution is 0.0323. The van der Waals surface area contributed by atoms with Gasteiger partial charge in [0, 0.05) is 6.54 Å². The van der Waals surface area contributed by atoms with Crippen LogP contribution in [0.3, 0.4) is 0 Å². The number of ether oxygens (including phenoxy) is 2. The summed E-state index contributed by atoms with van der Waals surface area (Å²) in [6, 6.07) is 18.3. The van der Waals surface area contributed by atoms with Gasteiger partial charge >= 0.3 is 12.2 Å². The molecule has 0 aliphatic heterocycles. The first-order chi connectivity index (χ1) is 16.0. The molecular weight excluding hydrogens is 432 g/mol. The predicted octanol–water partition coefficient (Wildman–Crippen LogP) is 4.78. The summed E-state index contributed by atoms with van der Waals surface area (Å²) in [6.45, 7) is 9.89. The van der Waals surface area contributed by atoms with E-state index in [0.717, 1.165) is 11.1 Å². The lowest BCUT2D eigenvalue weighted by atomic mass is 10.0. The highest BCUT2D eigenvalue weighted by molar-refractivity contribution is 5.69. The molecule has 7 nitrogen and oxygen atoms in total. The number of nitrogens with one attached hydrogen (secondary N) is 1. The zero-order valence-electron chi connectivity index (χ0n) is 20.9. The van der Waals surface area contributed by atoms with Gasteiger partial charge in [0.2, 0.25) is 0 Å². The van der Waals surface area contributed by atoms with Gasteiger partial charge in [-0.15, -0.1) is 0 Å². The molecule has 34 heavy (non-hydrogen) atoms. The van der Waals surface area contributed by atoms with Crippen LogP contribution in [0.25, 0.3) is 0 Å². The smallest absolute Gasteiger partial charge is 0.410 e. The van der Waals surface area contributed by atoms with Crippen LogP contribution in [-0.2, 0) is 22.5 Å². The Morgan fingerprint density at radius 2 is 1.50 bits per heavy atom. The molecule has 2 atom stereocenters. The Morgan fingerprint density at radius 3 is 2.03 bits per heavy atom. The summed E-state index contributed by atoms with van der Waals surface area (Å²) in [7, 11) is 0. The molecule has 0 saturated heterocycles. The predicted molar refractivity (Wildman–Crippen MR) is 132 cm³/mol. The number of carbonyl (C=O) groups is 2. The second kappa shape index (κ2) is 13.0. The van der Waals surface area contributed by atoms with Gasteiger partial charge in [0.25, 0.3) is 0 Å². The van der Waals surface area contributed by atoms with Crippen LogP contribution in [0, 0.1) is 5.92 Å². The van der Waals surface area contributed by atoms with Gasteiger partial charge in [-0.1, -0.05) is 74.5 Å². The van der Waals surface area contributed by atoms with E-state index in [9.17, 15) is 14.7 Å². The van der Waals surface area contributed by atoms with Gasteiger partial charge in [-0.2, -0.15) is 0 Å². The van der Waals surface area contributed by atoms with E-state index in [1.807, 2.05) is 74.5 Å². The van der Waals surface area contributed by atoms with Crippen molar-refractivity contribution in [2.45, 2.75) is 65.4 Å². The minimum absolute atomic E-state index is 0.0130. The van der Waals surface area contributed by atoms with Crippen LogP contribution in [0.5, 0.6) is 0 Å². The van der Waals surface area contributed by atoms with Crippen molar-refractivity contribution in [3.63, 3.8) is 0 Å². The number of amides is 2. The standard InChI is InChI=1S/C27H38N2O5/c1-20(2)17-29(26(32)33-19-22-14-10-7-11-15-22)18-24(30)23(16-21-12-8-6-9-13-21)28-25(31)34-27(3,4)5/h6-15,20,23-24,30H,16-19H2,1-5H3,(H,28,31)/t23-,24+/m0/s1. The van der Waals surface area contributed by atoms with Crippen LogP contribution < -0.4 is 5.32 Å². The topological polar surface area (TPSA) is 88.1 Å². The number of hydrogen-bond acceptors (Lipinski definition) is 5. The number of rotatable bonds is 10. The van der Waals surface area contributed by atoms with E-state index in [1.165, 1.54) is 4.90 Å². The van der Waals surface area contributed by atoms with E-state index in [0.29, 0.717) is 13.0 Å². The van der Waals surface area contributed by atoms with Gasteiger partial charge in [0.05, 0.1) is 18.7 Å². The van der Waals surface area contributed by atoms with Crippen molar-refractivity contribution in [3.05, 3.63) is 71.8 Å². The normalized spacial score (nSPS) is 13.1. The molecule has 0 saturated carbocycles. The molecule has 7 heteroatoms.